The van der Waals surface area contributed by atoms with Crippen LogP contribution in [-0.4, -0.2) is 26.8 Å². The molecule has 2 rings (SSSR count). The van der Waals surface area contributed by atoms with Crippen LogP contribution in [0.4, 0.5) is 5.82 Å². The van der Waals surface area contributed by atoms with Gasteiger partial charge in [0.2, 0.25) is 0 Å². The van der Waals surface area contributed by atoms with Crippen LogP contribution in [0.1, 0.15) is 6.92 Å². The molecule has 2 heterocycles. The van der Waals surface area contributed by atoms with Crippen LogP contribution in [0.3, 0.4) is 0 Å². The van der Waals surface area contributed by atoms with Gasteiger partial charge in [-0.2, -0.15) is 0 Å². The largest absolute Gasteiger partial charge is 0.372 e. The van der Waals surface area contributed by atoms with Gasteiger partial charge in [-0.3, -0.25) is 0 Å². The van der Waals surface area contributed by atoms with Crippen molar-refractivity contribution < 1.29 is 0 Å². The van der Waals surface area contributed by atoms with Crippen LogP contribution >= 0.6 is 0 Å². The van der Waals surface area contributed by atoms with Crippen molar-refractivity contribution in [2.24, 2.45) is 0 Å². The summed E-state index contributed by atoms with van der Waals surface area (Å²) in [5.74, 6) is 1.61. The lowest BCUT2D eigenvalue weighted by atomic mass is 10.3. The molecule has 0 amide bonds. The third kappa shape index (κ3) is 1.81. The maximum Gasteiger partial charge on any atom is 0.160 e. The Balaban J connectivity index is 2.37. The van der Waals surface area contributed by atoms with Crippen molar-refractivity contribution in [3.05, 3.63) is 24.5 Å². The van der Waals surface area contributed by atoms with E-state index in [0.29, 0.717) is 0 Å². The zero-order chi connectivity index (χ0) is 10.7. The Kier molecular flexibility index (Phi) is 2.62. The number of imidazole rings is 1. The number of hydrogen-bond donors (Lipinski definition) is 1. The number of nitrogens with zero attached hydrogens (tertiary/aromatic N) is 4. The summed E-state index contributed by atoms with van der Waals surface area (Å²) in [7, 11) is 1.82. The molecule has 0 unspecified atom stereocenters. The Hall–Kier alpha value is -1.91. The van der Waals surface area contributed by atoms with Gasteiger partial charge in [0, 0.05) is 26.0 Å². The average Bonchev–Trinajstić information content (AvgIpc) is 2.77. The highest BCUT2D eigenvalue weighted by molar-refractivity contribution is 5.51. The second kappa shape index (κ2) is 4.08. The molecule has 1 N–H and O–H groups in total. The van der Waals surface area contributed by atoms with E-state index in [9.17, 15) is 0 Å². The van der Waals surface area contributed by atoms with Crippen molar-refractivity contribution in [2.75, 3.05) is 12.4 Å². The van der Waals surface area contributed by atoms with Gasteiger partial charge in [-0.05, 0) is 19.1 Å². The van der Waals surface area contributed by atoms with E-state index in [1.807, 2.05) is 29.9 Å². The number of nitrogens with one attached hydrogen (secondary N) is 1. The summed E-state index contributed by atoms with van der Waals surface area (Å²) in [5, 5.41) is 11.0. The highest BCUT2D eigenvalue weighted by atomic mass is 15.2. The van der Waals surface area contributed by atoms with E-state index in [-0.39, 0.29) is 0 Å². The van der Waals surface area contributed by atoms with Crippen LogP contribution in [0.2, 0.25) is 0 Å². The predicted octanol–water partition coefficient (Wildman–Crippen LogP) is 1.40. The van der Waals surface area contributed by atoms with Gasteiger partial charge >= 0.3 is 0 Å². The average molecular weight is 203 g/mol. The summed E-state index contributed by atoms with van der Waals surface area (Å²) >= 11 is 0. The topological polar surface area (TPSA) is 55.6 Å². The second-order valence-corrected chi connectivity index (χ2v) is 3.09. The fourth-order valence-electron chi connectivity index (χ4n) is 1.38. The monoisotopic (exact) mass is 203 g/mol. The van der Waals surface area contributed by atoms with E-state index < -0.39 is 0 Å². The van der Waals surface area contributed by atoms with E-state index in [1.54, 1.807) is 6.20 Å². The van der Waals surface area contributed by atoms with Gasteiger partial charge in [0.1, 0.15) is 11.5 Å². The van der Waals surface area contributed by atoms with Gasteiger partial charge < -0.3 is 9.88 Å². The first-order chi connectivity index (χ1) is 7.35. The molecule has 0 saturated carbocycles. The molecule has 0 bridgehead atoms. The zero-order valence-electron chi connectivity index (χ0n) is 8.81. The lowest BCUT2D eigenvalue weighted by Crippen LogP contribution is -2.00. The van der Waals surface area contributed by atoms with Gasteiger partial charge in [0.05, 0.1) is 0 Å². The van der Waals surface area contributed by atoms with E-state index in [0.717, 1.165) is 23.9 Å². The van der Waals surface area contributed by atoms with Gasteiger partial charge in [-0.15, -0.1) is 10.2 Å². The number of rotatable bonds is 3. The molecule has 0 saturated heterocycles. The molecule has 78 valence electrons. The quantitative estimate of drug-likeness (QED) is 0.819. The van der Waals surface area contributed by atoms with E-state index in [2.05, 4.69) is 27.4 Å². The molecular weight excluding hydrogens is 190 g/mol. The zero-order valence-corrected chi connectivity index (χ0v) is 8.81. The molecule has 0 aromatic carbocycles. The van der Waals surface area contributed by atoms with Gasteiger partial charge in [0.15, 0.2) is 5.82 Å². The fourth-order valence-corrected chi connectivity index (χ4v) is 1.38. The molecule has 0 aliphatic heterocycles. The minimum absolute atomic E-state index is 0.758. The first kappa shape index (κ1) is 9.64. The van der Waals surface area contributed by atoms with Crippen molar-refractivity contribution >= 4 is 5.82 Å². The minimum Gasteiger partial charge on any atom is -0.372 e. The van der Waals surface area contributed by atoms with Crippen molar-refractivity contribution in [2.45, 2.75) is 13.5 Å². The molecular formula is C10H13N5. The Bertz CT molecular complexity index is 431. The first-order valence-electron chi connectivity index (χ1n) is 4.88. The number of hydrogen-bond acceptors (Lipinski definition) is 4. The number of anilines is 1. The third-order valence-corrected chi connectivity index (χ3v) is 2.21. The SMILES string of the molecule is CCn1ccnc1-c1ccc(NC)nn1. The van der Waals surface area contributed by atoms with Crippen LogP contribution in [0.25, 0.3) is 11.5 Å². The lowest BCUT2D eigenvalue weighted by Gasteiger charge is -2.03. The molecule has 0 fully saturated rings. The van der Waals surface area contributed by atoms with E-state index >= 15 is 0 Å². The summed E-state index contributed by atoms with van der Waals surface area (Å²) in [6, 6.07) is 3.80. The Labute approximate surface area is 88.2 Å². The molecule has 5 heteroatoms. The summed E-state index contributed by atoms with van der Waals surface area (Å²) in [6.45, 7) is 2.95. The Morgan fingerprint density at radius 1 is 1.33 bits per heavy atom. The molecule has 0 aliphatic rings. The Morgan fingerprint density at radius 2 is 2.20 bits per heavy atom. The highest BCUT2D eigenvalue weighted by Crippen LogP contribution is 2.14. The summed E-state index contributed by atoms with van der Waals surface area (Å²) in [4.78, 5) is 4.25. The first-order valence-corrected chi connectivity index (χ1v) is 4.88. The van der Waals surface area contributed by atoms with E-state index in [1.165, 1.54) is 0 Å². The summed E-state index contributed by atoms with van der Waals surface area (Å²) in [5.41, 5.74) is 0.792. The fraction of sp³-hybridized carbons (Fsp3) is 0.300. The minimum atomic E-state index is 0.758. The highest BCUT2D eigenvalue weighted by Gasteiger charge is 2.06. The second-order valence-electron chi connectivity index (χ2n) is 3.09. The van der Waals surface area contributed by atoms with Crippen LogP contribution in [-0.2, 0) is 6.54 Å². The Morgan fingerprint density at radius 3 is 2.80 bits per heavy atom. The predicted molar refractivity (Wildman–Crippen MR) is 58.5 cm³/mol. The standard InChI is InChI=1S/C10H13N5/c1-3-15-7-6-12-10(15)8-4-5-9(11-2)14-13-8/h4-7H,3H2,1-2H3,(H,11,14). The van der Waals surface area contributed by atoms with Crippen molar-refractivity contribution in [1.29, 1.82) is 0 Å². The van der Waals surface area contributed by atoms with Crippen LogP contribution in [0.5, 0.6) is 0 Å². The molecule has 0 spiro atoms. The lowest BCUT2D eigenvalue weighted by molar-refractivity contribution is 0.765. The molecule has 0 atom stereocenters. The van der Waals surface area contributed by atoms with Gasteiger partial charge in [-0.1, -0.05) is 0 Å². The molecule has 0 radical (unpaired) electrons. The third-order valence-electron chi connectivity index (χ3n) is 2.21. The van der Waals surface area contributed by atoms with Gasteiger partial charge in [0.25, 0.3) is 0 Å². The smallest absolute Gasteiger partial charge is 0.160 e. The van der Waals surface area contributed by atoms with Crippen molar-refractivity contribution in [1.82, 2.24) is 19.7 Å². The number of aryl methyl sites for hydroxylation is 1. The summed E-state index contributed by atoms with van der Waals surface area (Å²) < 4.78 is 2.03. The number of aromatic nitrogens is 4. The summed E-state index contributed by atoms with van der Waals surface area (Å²) in [6.07, 6.45) is 3.70. The normalized spacial score (nSPS) is 10.3. The van der Waals surface area contributed by atoms with Crippen molar-refractivity contribution in [3.63, 3.8) is 0 Å². The van der Waals surface area contributed by atoms with Gasteiger partial charge in [-0.25, -0.2) is 4.98 Å². The van der Waals surface area contributed by atoms with Crippen molar-refractivity contribution in [3.8, 4) is 11.5 Å². The molecule has 15 heavy (non-hydrogen) atoms. The maximum atomic E-state index is 4.25. The molecule has 0 aliphatic carbocycles. The molecule has 2 aromatic heterocycles. The molecule has 5 nitrogen and oxygen atoms in total. The van der Waals surface area contributed by atoms with Crippen LogP contribution < -0.4 is 5.32 Å². The van der Waals surface area contributed by atoms with Crippen LogP contribution in [0, 0.1) is 0 Å². The van der Waals surface area contributed by atoms with Crippen LogP contribution in [0.15, 0.2) is 24.5 Å². The molecule has 2 aromatic rings. The maximum absolute atomic E-state index is 4.25. The van der Waals surface area contributed by atoms with E-state index in [4.69, 9.17) is 0 Å².